The van der Waals surface area contributed by atoms with E-state index in [4.69, 9.17) is 40.0 Å². The quantitative estimate of drug-likeness (QED) is 0.185. The van der Waals surface area contributed by atoms with Gasteiger partial charge in [-0.05, 0) is 68.1 Å². The Morgan fingerprint density at radius 2 is 1.88 bits per heavy atom. The van der Waals surface area contributed by atoms with Crippen LogP contribution in [0, 0.1) is 25.2 Å². The fourth-order valence-corrected chi connectivity index (χ4v) is 12.1. The Hall–Kier alpha value is -4.59. The lowest BCUT2D eigenvalue weighted by Crippen LogP contribution is -2.69. The number of aromatic hydroxyl groups is 2. The average Bonchev–Trinajstić information content (AvgIpc) is 3.68. The molecule has 0 radical (unpaired) electrons. The Labute approximate surface area is 338 Å². The van der Waals surface area contributed by atoms with E-state index in [1.54, 1.807) is 12.1 Å². The number of fused-ring (bicyclic) bond motifs is 9. The highest BCUT2D eigenvalue weighted by atomic mass is 35.5. The maximum atomic E-state index is 14.8. The number of phenols is 2. The van der Waals surface area contributed by atoms with Crippen LogP contribution in [0.1, 0.15) is 68.3 Å². The normalized spacial score (nSPS) is 28.3. The molecule has 3 aromatic carbocycles. The first-order valence-corrected chi connectivity index (χ1v) is 20.5. The number of nitriles is 1. The van der Waals surface area contributed by atoms with Crippen molar-refractivity contribution in [2.24, 2.45) is 0 Å². The van der Waals surface area contributed by atoms with Crippen LogP contribution >= 0.6 is 23.4 Å². The van der Waals surface area contributed by atoms with Crippen molar-refractivity contribution in [3.63, 3.8) is 0 Å². The molecule has 2 saturated heterocycles. The van der Waals surface area contributed by atoms with Gasteiger partial charge in [-0.25, -0.2) is 4.79 Å². The summed E-state index contributed by atoms with van der Waals surface area (Å²) in [5.74, 6) is 0.887. The van der Waals surface area contributed by atoms with E-state index >= 15 is 0 Å². The van der Waals surface area contributed by atoms with Gasteiger partial charge in [-0.3, -0.25) is 19.9 Å². The number of methoxy groups -OCH3 is 2. The van der Waals surface area contributed by atoms with Crippen LogP contribution in [0.5, 0.6) is 40.2 Å². The zero-order valence-electron chi connectivity index (χ0n) is 32.1. The third kappa shape index (κ3) is 5.40. The molecule has 7 heterocycles. The van der Waals surface area contributed by atoms with Gasteiger partial charge in [0.15, 0.2) is 40.0 Å². The number of ether oxygens (including phenoxy) is 6. The number of aryl methyl sites for hydroxylation is 1. The molecule has 10 rings (SSSR count). The van der Waals surface area contributed by atoms with Crippen LogP contribution in [0.3, 0.4) is 0 Å². The number of nitrogens with one attached hydrogen (secondary N) is 1. The van der Waals surface area contributed by atoms with Crippen LogP contribution in [0.25, 0.3) is 0 Å². The fourth-order valence-electron chi connectivity index (χ4n) is 10.3. The number of benzene rings is 3. The van der Waals surface area contributed by atoms with E-state index in [9.17, 15) is 25.1 Å². The molecule has 14 nitrogen and oxygen atoms in total. The number of phenolic OH excluding ortho intramolecular Hbond substituents is 2. The highest BCUT2D eigenvalue weighted by Gasteiger charge is 2.62. The Morgan fingerprint density at radius 1 is 1.09 bits per heavy atom. The van der Waals surface area contributed by atoms with Crippen LogP contribution in [-0.4, -0.2) is 103 Å². The fraction of sp³-hybridized carbons (Fsp3) is 0.488. The molecule has 2 fully saturated rings. The minimum Gasteiger partial charge on any atom is -0.504 e. The highest BCUT2D eigenvalue weighted by Crippen LogP contribution is 2.64. The number of halogens is 1. The standard InChI is InChI=1S/C41H43ClN4O10S/c1-18-10-21-11-23-24(14-43)46-25-15-53-40(50)41(22-13-27(51-4)26(47)12-20(22)7-9-44-41)16-57-39(33(46)32(45(23)3)29(21)34(49)35(18)52-5)31-30(25)38-37(54-17-55-38)19(2)36(31)56-28(48)6-8-42/h10,12-13,23-25,32-33,39,44,47,49H,6-9,11,15-17H2,1-5H3/t23-,24-,25-,32+,33?,39+,41+/m0/s1. The zero-order chi connectivity index (χ0) is 40.1. The summed E-state index contributed by atoms with van der Waals surface area (Å²) in [5, 5.41) is 37.0. The van der Waals surface area contributed by atoms with Crippen LogP contribution < -0.4 is 29.0 Å². The van der Waals surface area contributed by atoms with Gasteiger partial charge in [0.05, 0.1) is 44.0 Å². The number of carbonyl (C=O) groups excluding carboxylic acids is 2. The van der Waals surface area contributed by atoms with E-state index in [0.29, 0.717) is 70.2 Å². The highest BCUT2D eigenvalue weighted by molar-refractivity contribution is 7.99. The predicted octanol–water partition coefficient (Wildman–Crippen LogP) is 4.60. The molecule has 3 aromatic rings. The second kappa shape index (κ2) is 14.1. The van der Waals surface area contributed by atoms with E-state index < -0.39 is 46.9 Å². The number of thioether (sulfide) groups is 1. The molecule has 7 aliphatic rings. The molecule has 0 aromatic heterocycles. The summed E-state index contributed by atoms with van der Waals surface area (Å²) in [6, 6.07) is 5.15. The SMILES string of the molecule is COc1cc2c(cc1O)CCN[C@]21CS[C@@H]2c3c(OC(=O)CCCl)c(C)c4c(c3[C@H](COC1=O)N1C2[C@H]2c3c(cc(C)c(OC)c3O)C[C@@H]([C@@H]1C#N)N2C)OCO4. The van der Waals surface area contributed by atoms with Crippen LogP contribution in [0.15, 0.2) is 18.2 Å². The van der Waals surface area contributed by atoms with Gasteiger partial charge in [0.1, 0.15) is 18.4 Å². The largest absolute Gasteiger partial charge is 0.504 e. The van der Waals surface area contributed by atoms with Crippen LogP contribution in [0.4, 0.5) is 0 Å². The number of hydrogen-bond acceptors (Lipinski definition) is 15. The van der Waals surface area contributed by atoms with E-state index in [1.165, 1.54) is 26.0 Å². The van der Waals surface area contributed by atoms with E-state index in [1.807, 2.05) is 27.0 Å². The third-order valence-corrected chi connectivity index (χ3v) is 14.4. The lowest BCUT2D eigenvalue weighted by Gasteiger charge is -2.62. The molecule has 7 atom stereocenters. The van der Waals surface area contributed by atoms with Crippen molar-refractivity contribution in [1.82, 2.24) is 15.1 Å². The molecule has 3 N–H and O–H groups in total. The van der Waals surface area contributed by atoms with Crippen molar-refractivity contribution in [2.75, 3.05) is 52.8 Å². The molecule has 300 valence electrons. The number of rotatable bonds is 5. The molecule has 0 amide bonds. The van der Waals surface area contributed by atoms with Crippen molar-refractivity contribution in [3.05, 3.63) is 62.7 Å². The van der Waals surface area contributed by atoms with Gasteiger partial charge in [0.25, 0.3) is 0 Å². The Bertz CT molecular complexity index is 2270. The van der Waals surface area contributed by atoms with E-state index in [2.05, 4.69) is 21.2 Å². The van der Waals surface area contributed by atoms with Gasteiger partial charge in [0, 0.05) is 52.5 Å². The van der Waals surface area contributed by atoms with Crippen molar-refractivity contribution < 1.29 is 48.2 Å². The van der Waals surface area contributed by atoms with Gasteiger partial charge < -0.3 is 38.6 Å². The minimum absolute atomic E-state index is 0.0310. The van der Waals surface area contributed by atoms with Crippen molar-refractivity contribution >= 4 is 35.3 Å². The first-order valence-electron chi connectivity index (χ1n) is 18.9. The summed E-state index contributed by atoms with van der Waals surface area (Å²) in [4.78, 5) is 32.6. The minimum atomic E-state index is -1.38. The van der Waals surface area contributed by atoms with Gasteiger partial charge in [-0.2, -0.15) is 5.26 Å². The summed E-state index contributed by atoms with van der Waals surface area (Å²) in [5.41, 5.74) is 4.27. The first-order chi connectivity index (χ1) is 27.5. The third-order valence-electron chi connectivity index (χ3n) is 12.7. The zero-order valence-corrected chi connectivity index (χ0v) is 33.7. The lowest BCUT2D eigenvalue weighted by molar-refractivity contribution is -0.157. The summed E-state index contributed by atoms with van der Waals surface area (Å²) in [6.07, 6.45) is 0.989. The number of alkyl halides is 1. The topological polar surface area (TPSA) is 172 Å². The number of esters is 2. The maximum absolute atomic E-state index is 14.8. The van der Waals surface area contributed by atoms with Crippen molar-refractivity contribution in [3.8, 4) is 46.3 Å². The number of carbonyl (C=O) groups is 2. The van der Waals surface area contributed by atoms with E-state index in [-0.39, 0.29) is 54.7 Å². The maximum Gasteiger partial charge on any atom is 0.331 e. The summed E-state index contributed by atoms with van der Waals surface area (Å²) in [7, 11) is 4.97. The first kappa shape index (κ1) is 38.0. The van der Waals surface area contributed by atoms with Crippen molar-refractivity contribution in [1.29, 1.82) is 5.26 Å². The summed E-state index contributed by atoms with van der Waals surface area (Å²) < 4.78 is 36.3. The molecule has 57 heavy (non-hydrogen) atoms. The lowest BCUT2D eigenvalue weighted by atomic mass is 9.71. The molecule has 16 heteroatoms. The van der Waals surface area contributed by atoms with Gasteiger partial charge in [0.2, 0.25) is 6.79 Å². The monoisotopic (exact) mass is 818 g/mol. The number of hydrogen-bond donors (Lipinski definition) is 3. The smallest absolute Gasteiger partial charge is 0.331 e. The average molecular weight is 819 g/mol. The van der Waals surface area contributed by atoms with Crippen molar-refractivity contribution in [2.45, 2.75) is 74.1 Å². The molecular weight excluding hydrogens is 776 g/mol. The Morgan fingerprint density at radius 3 is 2.61 bits per heavy atom. The number of piperazine rings is 1. The predicted molar refractivity (Wildman–Crippen MR) is 208 cm³/mol. The molecular formula is C41H43ClN4O10S. The summed E-state index contributed by atoms with van der Waals surface area (Å²) in [6.45, 7) is 3.87. The molecule has 7 aliphatic heterocycles. The van der Waals surface area contributed by atoms with E-state index in [0.717, 1.165) is 16.7 Å². The Kier molecular flexibility index (Phi) is 9.36. The number of nitrogens with zero attached hydrogens (tertiary/aromatic N) is 3. The summed E-state index contributed by atoms with van der Waals surface area (Å²) >= 11 is 7.52. The second-order valence-electron chi connectivity index (χ2n) is 15.4. The van der Waals surface area contributed by atoms with Crippen LogP contribution in [-0.2, 0) is 32.7 Å². The van der Waals surface area contributed by atoms with Gasteiger partial charge in [-0.15, -0.1) is 23.4 Å². The Balaban J connectivity index is 1.33. The van der Waals surface area contributed by atoms with Gasteiger partial charge >= 0.3 is 11.9 Å². The molecule has 0 saturated carbocycles. The van der Waals surface area contributed by atoms with Crippen LogP contribution in [0.2, 0.25) is 0 Å². The molecule has 1 unspecified atom stereocenters. The second-order valence-corrected chi connectivity index (χ2v) is 16.9. The van der Waals surface area contributed by atoms with Gasteiger partial charge in [-0.1, -0.05) is 6.07 Å². The number of likely N-dealkylation sites (N-methyl/N-ethyl adjacent to an activating group) is 1. The molecule has 0 aliphatic carbocycles. The molecule has 1 spiro atoms. The molecule has 4 bridgehead atoms.